The second-order valence-corrected chi connectivity index (χ2v) is 5.41. The molecule has 0 spiro atoms. The number of rotatable bonds is 2. The summed E-state index contributed by atoms with van der Waals surface area (Å²) in [6, 6.07) is 6.48. The van der Waals surface area contributed by atoms with E-state index in [1.807, 2.05) is 0 Å². The third-order valence-electron chi connectivity index (χ3n) is 3.37. The van der Waals surface area contributed by atoms with E-state index in [-0.39, 0.29) is 12.6 Å². The molecule has 2 rings (SSSR count). The van der Waals surface area contributed by atoms with Gasteiger partial charge in [0.1, 0.15) is 0 Å². The highest BCUT2D eigenvalue weighted by Crippen LogP contribution is 2.30. The van der Waals surface area contributed by atoms with Crippen LogP contribution in [0.3, 0.4) is 0 Å². The Morgan fingerprint density at radius 2 is 2.00 bits per heavy atom. The predicted molar refractivity (Wildman–Crippen MR) is 72.4 cm³/mol. The summed E-state index contributed by atoms with van der Waals surface area (Å²) in [6.45, 7) is 2.33. The van der Waals surface area contributed by atoms with E-state index in [4.69, 9.17) is 16.7 Å². The molecule has 0 aliphatic carbocycles. The number of carbonyl (C=O) groups is 2. The van der Waals surface area contributed by atoms with Gasteiger partial charge >= 0.3 is 12.0 Å². The van der Waals surface area contributed by atoms with E-state index in [1.165, 1.54) is 4.90 Å². The molecule has 1 unspecified atom stereocenters. The molecule has 0 aromatic heterocycles. The predicted octanol–water partition coefficient (Wildman–Crippen LogP) is 2.67. The number of nitrogens with zero attached hydrogens (tertiary/aromatic N) is 1. The zero-order valence-electron chi connectivity index (χ0n) is 10.5. The van der Waals surface area contributed by atoms with E-state index in [0.29, 0.717) is 23.7 Å². The summed E-state index contributed by atoms with van der Waals surface area (Å²) in [4.78, 5) is 24.6. The van der Waals surface area contributed by atoms with Crippen molar-refractivity contribution in [3.8, 4) is 0 Å². The lowest BCUT2D eigenvalue weighted by Gasteiger charge is -2.20. The van der Waals surface area contributed by atoms with Gasteiger partial charge in [-0.05, 0) is 37.6 Å². The number of nitrogens with one attached hydrogen (secondary N) is 1. The average Bonchev–Trinajstić information content (AvgIpc) is 2.76. The van der Waals surface area contributed by atoms with Crippen LogP contribution < -0.4 is 5.32 Å². The third kappa shape index (κ3) is 2.98. The highest BCUT2D eigenvalue weighted by molar-refractivity contribution is 6.30. The van der Waals surface area contributed by atoms with Gasteiger partial charge in [-0.25, -0.2) is 4.79 Å². The van der Waals surface area contributed by atoms with Crippen LogP contribution >= 0.6 is 11.6 Å². The zero-order valence-corrected chi connectivity index (χ0v) is 11.3. The molecule has 6 heteroatoms. The number of amides is 2. The molecule has 1 aromatic rings. The van der Waals surface area contributed by atoms with Crippen molar-refractivity contribution in [3.05, 3.63) is 29.3 Å². The molecule has 1 atom stereocenters. The number of halogens is 1. The molecule has 19 heavy (non-hydrogen) atoms. The summed E-state index contributed by atoms with van der Waals surface area (Å²) in [7, 11) is 0. The van der Waals surface area contributed by atoms with E-state index < -0.39 is 11.4 Å². The van der Waals surface area contributed by atoms with Gasteiger partial charge in [-0.3, -0.25) is 4.79 Å². The Morgan fingerprint density at radius 1 is 1.37 bits per heavy atom. The number of aliphatic carboxylic acids is 1. The Bertz CT molecular complexity index is 503. The Hall–Kier alpha value is -1.75. The lowest BCUT2D eigenvalue weighted by molar-refractivity contribution is -0.146. The van der Waals surface area contributed by atoms with Gasteiger partial charge in [-0.2, -0.15) is 0 Å². The van der Waals surface area contributed by atoms with Crippen molar-refractivity contribution in [1.29, 1.82) is 0 Å². The molecule has 5 nitrogen and oxygen atoms in total. The molecule has 102 valence electrons. The Labute approximate surface area is 116 Å². The molecule has 1 aliphatic heterocycles. The van der Waals surface area contributed by atoms with Crippen LogP contribution in [-0.2, 0) is 4.79 Å². The lowest BCUT2D eigenvalue weighted by atomic mass is 9.90. The largest absolute Gasteiger partial charge is 0.481 e. The molecule has 2 N–H and O–H groups in total. The number of carboxylic acids is 1. The maximum Gasteiger partial charge on any atom is 0.321 e. The van der Waals surface area contributed by atoms with E-state index in [9.17, 15) is 9.59 Å². The van der Waals surface area contributed by atoms with Crippen LogP contribution in [-0.4, -0.2) is 35.1 Å². The van der Waals surface area contributed by atoms with Gasteiger partial charge in [0, 0.05) is 23.8 Å². The summed E-state index contributed by atoms with van der Waals surface area (Å²) >= 11 is 5.76. The number of carbonyl (C=O) groups excluding carboxylic acids is 1. The van der Waals surface area contributed by atoms with Crippen LogP contribution in [0.2, 0.25) is 5.02 Å². The van der Waals surface area contributed by atoms with Gasteiger partial charge in [0.05, 0.1) is 5.41 Å². The zero-order chi connectivity index (χ0) is 14.0. The molecule has 1 aromatic carbocycles. The lowest BCUT2D eigenvalue weighted by Crippen LogP contribution is -2.37. The van der Waals surface area contributed by atoms with Crippen molar-refractivity contribution in [2.75, 3.05) is 18.4 Å². The molecule has 1 fully saturated rings. The molecule has 1 heterocycles. The number of benzene rings is 1. The Balaban J connectivity index is 1.98. The molecule has 0 bridgehead atoms. The second-order valence-electron chi connectivity index (χ2n) is 4.97. The Kier molecular flexibility index (Phi) is 3.66. The second kappa shape index (κ2) is 5.09. The first kappa shape index (κ1) is 13.7. The SMILES string of the molecule is CC1(C(=O)O)CCN(C(=O)Nc2ccc(Cl)cc2)C1. The normalized spacial score (nSPS) is 22.3. The molecule has 2 amide bonds. The van der Waals surface area contributed by atoms with Crippen LogP contribution in [0.25, 0.3) is 0 Å². The van der Waals surface area contributed by atoms with E-state index in [1.54, 1.807) is 31.2 Å². The molecule has 0 saturated carbocycles. The average molecular weight is 283 g/mol. The first-order valence-corrected chi connectivity index (χ1v) is 6.33. The van der Waals surface area contributed by atoms with Crippen molar-refractivity contribution in [2.24, 2.45) is 5.41 Å². The third-order valence-corrected chi connectivity index (χ3v) is 3.62. The molecular weight excluding hydrogens is 268 g/mol. The van der Waals surface area contributed by atoms with Crippen LogP contribution in [0, 0.1) is 5.41 Å². The maximum absolute atomic E-state index is 12.0. The van der Waals surface area contributed by atoms with Gasteiger partial charge < -0.3 is 15.3 Å². The van der Waals surface area contributed by atoms with Gasteiger partial charge in [-0.15, -0.1) is 0 Å². The molecule has 0 radical (unpaired) electrons. The summed E-state index contributed by atoms with van der Waals surface area (Å²) in [5.74, 6) is -0.866. The minimum Gasteiger partial charge on any atom is -0.481 e. The van der Waals surface area contributed by atoms with Gasteiger partial charge in [-0.1, -0.05) is 11.6 Å². The van der Waals surface area contributed by atoms with Gasteiger partial charge in [0.2, 0.25) is 0 Å². The fourth-order valence-electron chi connectivity index (χ4n) is 2.04. The van der Waals surface area contributed by atoms with Crippen LogP contribution in [0.4, 0.5) is 10.5 Å². The van der Waals surface area contributed by atoms with Crippen LogP contribution in [0.5, 0.6) is 0 Å². The van der Waals surface area contributed by atoms with Crippen molar-refractivity contribution >= 4 is 29.3 Å². The monoisotopic (exact) mass is 282 g/mol. The van der Waals surface area contributed by atoms with Crippen LogP contribution in [0.15, 0.2) is 24.3 Å². The number of hydrogen-bond acceptors (Lipinski definition) is 2. The van der Waals surface area contributed by atoms with Crippen molar-refractivity contribution in [2.45, 2.75) is 13.3 Å². The topological polar surface area (TPSA) is 69.6 Å². The fraction of sp³-hybridized carbons (Fsp3) is 0.385. The first-order chi connectivity index (χ1) is 8.90. The Morgan fingerprint density at radius 3 is 2.53 bits per heavy atom. The number of urea groups is 1. The van der Waals surface area contributed by atoms with Crippen molar-refractivity contribution in [1.82, 2.24) is 4.90 Å². The standard InChI is InChI=1S/C13H15ClN2O3/c1-13(11(17)18)6-7-16(8-13)12(19)15-10-4-2-9(14)3-5-10/h2-5H,6-8H2,1H3,(H,15,19)(H,17,18). The van der Waals surface area contributed by atoms with Crippen molar-refractivity contribution in [3.63, 3.8) is 0 Å². The number of hydrogen-bond donors (Lipinski definition) is 2. The highest BCUT2D eigenvalue weighted by Gasteiger charge is 2.42. The molecular formula is C13H15ClN2O3. The van der Waals surface area contributed by atoms with E-state index >= 15 is 0 Å². The minimum atomic E-state index is -0.866. The number of anilines is 1. The first-order valence-electron chi connectivity index (χ1n) is 5.96. The summed E-state index contributed by atoms with van der Waals surface area (Å²) in [5.41, 5.74) is -0.213. The maximum atomic E-state index is 12.0. The summed E-state index contributed by atoms with van der Waals surface area (Å²) in [5, 5.41) is 12.4. The quantitative estimate of drug-likeness (QED) is 0.876. The fourth-order valence-corrected chi connectivity index (χ4v) is 2.17. The van der Waals surface area contributed by atoms with Gasteiger partial charge in [0.25, 0.3) is 0 Å². The summed E-state index contributed by atoms with van der Waals surface area (Å²) in [6.07, 6.45) is 0.469. The smallest absolute Gasteiger partial charge is 0.321 e. The number of likely N-dealkylation sites (tertiary alicyclic amines) is 1. The molecule has 1 aliphatic rings. The minimum absolute atomic E-state index is 0.224. The molecule has 1 saturated heterocycles. The number of carboxylic acid groups (broad SMARTS) is 1. The van der Waals surface area contributed by atoms with E-state index in [2.05, 4.69) is 5.32 Å². The highest BCUT2D eigenvalue weighted by atomic mass is 35.5. The van der Waals surface area contributed by atoms with Crippen molar-refractivity contribution < 1.29 is 14.7 Å². The summed E-state index contributed by atoms with van der Waals surface area (Å²) < 4.78 is 0. The van der Waals surface area contributed by atoms with Gasteiger partial charge in [0.15, 0.2) is 0 Å². The van der Waals surface area contributed by atoms with E-state index in [0.717, 1.165) is 0 Å². The van der Waals surface area contributed by atoms with Crippen LogP contribution in [0.1, 0.15) is 13.3 Å².